The highest BCUT2D eigenvalue weighted by Gasteiger charge is 2.27. The zero-order valence-corrected chi connectivity index (χ0v) is 31.8. The van der Waals surface area contributed by atoms with E-state index >= 15 is 0 Å². The lowest BCUT2D eigenvalue weighted by Gasteiger charge is -2.28. The fourth-order valence-corrected chi connectivity index (χ4v) is 6.83. The summed E-state index contributed by atoms with van der Waals surface area (Å²) in [6.07, 6.45) is 2.65. The minimum atomic E-state index is -1.24. The number of hydrogen-bond donors (Lipinski definition) is 7. The van der Waals surface area contributed by atoms with Crippen molar-refractivity contribution in [3.63, 3.8) is 0 Å². The maximum absolute atomic E-state index is 13.3. The fraction of sp³-hybridized carbons (Fsp3) is 0.366. The Hall–Kier alpha value is -6.42. The molecule has 1 saturated heterocycles. The molecule has 16 heteroatoms. The summed E-state index contributed by atoms with van der Waals surface area (Å²) >= 11 is 0. The summed E-state index contributed by atoms with van der Waals surface area (Å²) in [4.78, 5) is 62.7. The number of anilines is 1. The summed E-state index contributed by atoms with van der Waals surface area (Å²) < 4.78 is 12.5. The van der Waals surface area contributed by atoms with Crippen molar-refractivity contribution in [1.82, 2.24) is 25.8 Å². The van der Waals surface area contributed by atoms with Crippen LogP contribution in [0.4, 0.5) is 5.69 Å². The molecule has 300 valence electrons. The lowest BCUT2D eigenvalue weighted by Crippen LogP contribution is -2.53. The predicted octanol–water partition coefficient (Wildman–Crippen LogP) is 2.73. The third kappa shape index (κ3) is 10.9. The summed E-state index contributed by atoms with van der Waals surface area (Å²) in [5, 5.41) is 22.3. The highest BCUT2D eigenvalue weighted by Crippen LogP contribution is 2.38. The van der Waals surface area contributed by atoms with Gasteiger partial charge in [-0.3, -0.25) is 19.4 Å². The number of ether oxygens (including phenoxy) is 1. The number of benzene rings is 3. The number of nitrogens with one attached hydrogen (secondary N) is 4. The Labute approximate surface area is 329 Å². The number of likely N-dealkylation sites (tertiary alicyclic amines) is 1. The Morgan fingerprint density at radius 1 is 0.947 bits per heavy atom. The monoisotopic (exact) mass is 779 g/mol. The van der Waals surface area contributed by atoms with Gasteiger partial charge in [-0.15, -0.1) is 0 Å². The lowest BCUT2D eigenvalue weighted by molar-refractivity contribution is -0.142. The van der Waals surface area contributed by atoms with E-state index in [0.29, 0.717) is 52.4 Å². The van der Waals surface area contributed by atoms with Crippen LogP contribution in [0.3, 0.4) is 0 Å². The molecule has 2 unspecified atom stereocenters. The van der Waals surface area contributed by atoms with E-state index in [1.807, 2.05) is 42.5 Å². The Morgan fingerprint density at radius 3 is 2.46 bits per heavy atom. The van der Waals surface area contributed by atoms with Gasteiger partial charge in [-0.25, -0.2) is 9.78 Å². The molecule has 3 aromatic carbocycles. The predicted molar refractivity (Wildman–Crippen MR) is 218 cm³/mol. The maximum Gasteiger partial charge on any atom is 0.326 e. The van der Waals surface area contributed by atoms with Gasteiger partial charge in [0, 0.05) is 18.4 Å². The van der Waals surface area contributed by atoms with Crippen molar-refractivity contribution >= 4 is 68.3 Å². The van der Waals surface area contributed by atoms with Gasteiger partial charge < -0.3 is 51.9 Å². The van der Waals surface area contributed by atoms with Crippen LogP contribution in [-0.2, 0) is 25.6 Å². The first kappa shape index (κ1) is 40.2. The number of guanidine groups is 1. The molecule has 5 aromatic rings. The molecule has 2 atom stereocenters. The smallest absolute Gasteiger partial charge is 0.326 e. The average Bonchev–Trinajstić information content (AvgIpc) is 3.57. The molecule has 9 N–H and O–H groups in total. The number of nitrogens with two attached hydrogens (primary N) is 2. The first-order chi connectivity index (χ1) is 27.5. The van der Waals surface area contributed by atoms with Crippen LogP contribution in [0.2, 0.25) is 0 Å². The van der Waals surface area contributed by atoms with Crippen LogP contribution in [0.15, 0.2) is 82.2 Å². The fourth-order valence-electron chi connectivity index (χ4n) is 6.83. The van der Waals surface area contributed by atoms with Crippen molar-refractivity contribution in [2.45, 2.75) is 44.2 Å². The lowest BCUT2D eigenvalue weighted by atomic mass is 9.98. The van der Waals surface area contributed by atoms with Crippen LogP contribution in [0.25, 0.3) is 33.0 Å². The van der Waals surface area contributed by atoms with Crippen LogP contribution < -0.4 is 37.5 Å². The first-order valence-corrected chi connectivity index (χ1v) is 19.0. The van der Waals surface area contributed by atoms with Crippen molar-refractivity contribution in [3.05, 3.63) is 78.4 Å². The number of amides is 3. The molecule has 57 heavy (non-hydrogen) atoms. The average molecular weight is 780 g/mol. The number of rotatable bonds is 18. The molecular weight excluding hydrogens is 731 g/mol. The number of aliphatic carboxylic acids is 1. The number of piperidine rings is 1. The van der Waals surface area contributed by atoms with E-state index in [4.69, 9.17) is 25.6 Å². The Kier molecular flexibility index (Phi) is 13.4. The summed E-state index contributed by atoms with van der Waals surface area (Å²) in [6.45, 7) is 2.30. The first-order valence-electron chi connectivity index (χ1n) is 19.0. The minimum Gasteiger partial charge on any atom is -0.493 e. The third-order valence-corrected chi connectivity index (χ3v) is 9.96. The van der Waals surface area contributed by atoms with Crippen molar-refractivity contribution in [2.24, 2.45) is 22.4 Å². The van der Waals surface area contributed by atoms with Crippen LogP contribution >= 0.6 is 0 Å². The van der Waals surface area contributed by atoms with E-state index in [-0.39, 0.29) is 31.9 Å². The van der Waals surface area contributed by atoms with E-state index in [1.54, 1.807) is 30.3 Å². The number of pyridine rings is 1. The van der Waals surface area contributed by atoms with Crippen LogP contribution in [0.5, 0.6) is 5.75 Å². The number of carboxylic acids is 1. The number of carboxylic acid groups (broad SMARTS) is 1. The van der Waals surface area contributed by atoms with Crippen LogP contribution in [-0.4, -0.2) is 103 Å². The van der Waals surface area contributed by atoms with E-state index in [9.17, 15) is 24.3 Å². The third-order valence-electron chi connectivity index (χ3n) is 9.96. The summed E-state index contributed by atoms with van der Waals surface area (Å²) in [6, 6.07) is 19.7. The maximum atomic E-state index is 13.3. The second kappa shape index (κ2) is 18.9. The van der Waals surface area contributed by atoms with Gasteiger partial charge in [0.25, 0.3) is 0 Å². The normalized spacial score (nSPS) is 14.5. The van der Waals surface area contributed by atoms with Gasteiger partial charge in [0.1, 0.15) is 28.9 Å². The quantitative estimate of drug-likeness (QED) is 0.0386. The largest absolute Gasteiger partial charge is 0.493 e. The number of carbonyl (C=O) groups excluding carboxylic acids is 3. The molecule has 0 aliphatic carbocycles. The van der Waals surface area contributed by atoms with Gasteiger partial charge in [-0.05, 0) is 81.6 Å². The molecule has 2 aromatic heterocycles. The SMILES string of the molecule is CN1CCC(COc2ccc3oc4c(NCC(=O)NCC(=O)NC(CCCN=C(N)N)C(=O)NC(Cc5ccccc5)C(=O)O)c5ccccc5nc4c3c2)CC1. The number of hydrogen-bond acceptors (Lipinski definition) is 10. The van der Waals surface area contributed by atoms with Crippen LogP contribution in [0, 0.1) is 5.92 Å². The number of furan rings is 1. The molecule has 1 fully saturated rings. The van der Waals surface area contributed by atoms with Crippen molar-refractivity contribution in [3.8, 4) is 5.75 Å². The molecular formula is C41H49N9O7. The second-order valence-corrected chi connectivity index (χ2v) is 14.3. The number of fused-ring (bicyclic) bond motifs is 4. The van der Waals surface area contributed by atoms with E-state index < -0.39 is 42.3 Å². The highest BCUT2D eigenvalue weighted by atomic mass is 16.5. The summed E-state index contributed by atoms with van der Waals surface area (Å²) in [5.74, 6) is -1.96. The molecule has 0 spiro atoms. The highest BCUT2D eigenvalue weighted by molar-refractivity contribution is 6.14. The van der Waals surface area contributed by atoms with E-state index in [0.717, 1.165) is 42.5 Å². The Balaban J connectivity index is 1.09. The van der Waals surface area contributed by atoms with Gasteiger partial charge in [0.05, 0.1) is 36.3 Å². The zero-order valence-electron chi connectivity index (χ0n) is 31.8. The minimum absolute atomic E-state index is 0.0425. The Bertz CT molecular complexity index is 2230. The number of para-hydroxylation sites is 1. The molecule has 16 nitrogen and oxygen atoms in total. The van der Waals surface area contributed by atoms with Crippen molar-refractivity contribution < 1.29 is 33.4 Å². The molecule has 0 bridgehead atoms. The van der Waals surface area contributed by atoms with Gasteiger partial charge in [0.15, 0.2) is 11.5 Å². The van der Waals surface area contributed by atoms with Gasteiger partial charge >= 0.3 is 5.97 Å². The molecule has 0 radical (unpaired) electrons. The summed E-state index contributed by atoms with van der Waals surface area (Å²) in [7, 11) is 2.14. The molecule has 6 rings (SSSR count). The molecule has 0 saturated carbocycles. The number of aliphatic imine (C=N–C) groups is 1. The number of aromatic nitrogens is 1. The van der Waals surface area contributed by atoms with Crippen molar-refractivity contribution in [1.29, 1.82) is 0 Å². The standard InChI is InChI=1S/C41H49N9O7/c1-50-18-15-26(16-19-50)24-56-27-13-14-33-29(21-27)37-38(57-33)36(28-10-5-6-11-30(28)48-37)46-22-34(51)45-23-35(52)47-31(12-7-17-44-41(42)43)39(53)49-32(40(54)55)20-25-8-3-2-4-9-25/h2-6,8-11,13-14,21,26,31-32H,7,12,15-20,22-24H2,1H3,(H,45,51)(H,46,48)(H,47,52)(H,49,53)(H,54,55)(H4,42,43,44). The number of nitrogens with zero attached hydrogens (tertiary/aromatic N) is 3. The molecule has 3 heterocycles. The van der Waals surface area contributed by atoms with E-state index in [2.05, 4.69) is 38.2 Å². The second-order valence-electron chi connectivity index (χ2n) is 14.3. The van der Waals surface area contributed by atoms with E-state index in [1.165, 1.54) is 0 Å². The molecule has 1 aliphatic rings. The topological polar surface area (TPSA) is 240 Å². The van der Waals surface area contributed by atoms with Crippen molar-refractivity contribution in [2.75, 3.05) is 51.7 Å². The Morgan fingerprint density at radius 2 is 1.70 bits per heavy atom. The van der Waals surface area contributed by atoms with Gasteiger partial charge in [-0.2, -0.15) is 0 Å². The van der Waals surface area contributed by atoms with Crippen LogP contribution in [0.1, 0.15) is 31.2 Å². The molecule has 1 aliphatic heterocycles. The van der Waals surface area contributed by atoms with Gasteiger partial charge in [0.2, 0.25) is 17.7 Å². The molecule has 3 amide bonds. The van der Waals surface area contributed by atoms with Gasteiger partial charge in [-0.1, -0.05) is 48.5 Å². The summed E-state index contributed by atoms with van der Waals surface area (Å²) in [5.41, 5.74) is 14.5. The number of carbonyl (C=O) groups is 4. The zero-order chi connectivity index (χ0) is 40.3.